The molecular formula is C16H21N3O3. The Bertz CT molecular complexity index is 715. The molecule has 1 aliphatic rings. The summed E-state index contributed by atoms with van der Waals surface area (Å²) in [6, 6.07) is 3.26. The SMILES string of the molecule is Cc1nc2c(O)cc(C(=O)N(C)C)cc2n1C1CCCCO1. The number of ether oxygens (including phenoxy) is 1. The van der Waals surface area contributed by atoms with Gasteiger partial charge in [-0.25, -0.2) is 4.98 Å². The van der Waals surface area contributed by atoms with Gasteiger partial charge in [0.1, 0.15) is 23.3 Å². The van der Waals surface area contributed by atoms with E-state index in [1.165, 1.54) is 11.0 Å². The van der Waals surface area contributed by atoms with E-state index in [4.69, 9.17) is 4.74 Å². The van der Waals surface area contributed by atoms with Crippen LogP contribution >= 0.6 is 0 Å². The lowest BCUT2D eigenvalue weighted by Gasteiger charge is -2.25. The highest BCUT2D eigenvalue weighted by atomic mass is 16.5. The van der Waals surface area contributed by atoms with Crippen LogP contribution in [0.2, 0.25) is 0 Å². The van der Waals surface area contributed by atoms with Crippen LogP contribution in [0, 0.1) is 6.92 Å². The smallest absolute Gasteiger partial charge is 0.253 e. The van der Waals surface area contributed by atoms with Crippen molar-refractivity contribution in [1.29, 1.82) is 0 Å². The van der Waals surface area contributed by atoms with E-state index in [-0.39, 0.29) is 17.9 Å². The zero-order valence-electron chi connectivity index (χ0n) is 13.2. The maximum atomic E-state index is 12.2. The summed E-state index contributed by atoms with van der Waals surface area (Å²) in [5.41, 5.74) is 1.71. The van der Waals surface area contributed by atoms with Gasteiger partial charge in [0.15, 0.2) is 0 Å². The Morgan fingerprint density at radius 2 is 2.18 bits per heavy atom. The summed E-state index contributed by atoms with van der Waals surface area (Å²) in [5.74, 6) is 0.666. The average Bonchev–Trinajstić information content (AvgIpc) is 2.84. The molecule has 0 saturated carbocycles. The molecule has 1 N–H and O–H groups in total. The molecule has 1 saturated heterocycles. The van der Waals surface area contributed by atoms with Crippen LogP contribution in [0.3, 0.4) is 0 Å². The number of imidazole rings is 1. The minimum atomic E-state index is -0.146. The number of hydrogen-bond donors (Lipinski definition) is 1. The number of aromatic nitrogens is 2. The van der Waals surface area contributed by atoms with Crippen LogP contribution in [-0.4, -0.2) is 46.2 Å². The standard InChI is InChI=1S/C16H21N3O3/c1-10-17-15-12(19(10)14-6-4-5-7-22-14)8-11(9-13(15)20)16(21)18(2)3/h8-9,14,20H,4-7H2,1-3H3. The van der Waals surface area contributed by atoms with Crippen LogP contribution in [0.4, 0.5) is 0 Å². The van der Waals surface area contributed by atoms with Crippen LogP contribution in [0.1, 0.15) is 41.7 Å². The Morgan fingerprint density at radius 1 is 1.41 bits per heavy atom. The van der Waals surface area contributed by atoms with Crippen molar-refractivity contribution in [3.05, 3.63) is 23.5 Å². The maximum absolute atomic E-state index is 12.2. The fourth-order valence-electron chi connectivity index (χ4n) is 2.96. The van der Waals surface area contributed by atoms with Gasteiger partial charge in [-0.05, 0) is 38.3 Å². The van der Waals surface area contributed by atoms with Gasteiger partial charge in [0.2, 0.25) is 0 Å². The van der Waals surface area contributed by atoms with Crippen molar-refractivity contribution in [1.82, 2.24) is 14.5 Å². The molecule has 1 aromatic heterocycles. The minimum Gasteiger partial charge on any atom is -0.506 e. The Balaban J connectivity index is 2.15. The maximum Gasteiger partial charge on any atom is 0.253 e. The summed E-state index contributed by atoms with van der Waals surface area (Å²) in [5, 5.41) is 10.2. The molecule has 118 valence electrons. The van der Waals surface area contributed by atoms with E-state index in [9.17, 15) is 9.90 Å². The van der Waals surface area contributed by atoms with E-state index >= 15 is 0 Å². The Morgan fingerprint density at radius 3 is 2.82 bits per heavy atom. The predicted octanol–water partition coefficient (Wildman–Crippen LogP) is 2.45. The van der Waals surface area contributed by atoms with Gasteiger partial charge in [-0.3, -0.25) is 4.79 Å². The highest BCUT2D eigenvalue weighted by Gasteiger charge is 2.23. The molecule has 1 amide bonds. The van der Waals surface area contributed by atoms with Crippen molar-refractivity contribution in [2.75, 3.05) is 20.7 Å². The van der Waals surface area contributed by atoms with Gasteiger partial charge in [0.25, 0.3) is 5.91 Å². The van der Waals surface area contributed by atoms with E-state index in [1.54, 1.807) is 20.2 Å². The lowest BCUT2D eigenvalue weighted by Crippen LogP contribution is -2.22. The lowest BCUT2D eigenvalue weighted by atomic mass is 10.1. The van der Waals surface area contributed by atoms with Crippen molar-refractivity contribution < 1.29 is 14.6 Å². The molecule has 1 atom stereocenters. The van der Waals surface area contributed by atoms with Gasteiger partial charge in [0.05, 0.1) is 5.52 Å². The largest absolute Gasteiger partial charge is 0.506 e. The zero-order valence-corrected chi connectivity index (χ0v) is 13.2. The second-order valence-electron chi connectivity index (χ2n) is 5.91. The third-order valence-electron chi connectivity index (χ3n) is 4.05. The number of fused-ring (bicyclic) bond motifs is 1. The number of carbonyl (C=O) groups is 1. The predicted molar refractivity (Wildman–Crippen MR) is 83.0 cm³/mol. The summed E-state index contributed by atoms with van der Waals surface area (Å²) < 4.78 is 7.83. The van der Waals surface area contributed by atoms with E-state index < -0.39 is 0 Å². The van der Waals surface area contributed by atoms with Gasteiger partial charge >= 0.3 is 0 Å². The number of aryl methyl sites for hydroxylation is 1. The van der Waals surface area contributed by atoms with Crippen molar-refractivity contribution in [3.8, 4) is 5.75 Å². The highest BCUT2D eigenvalue weighted by molar-refractivity contribution is 5.99. The molecule has 22 heavy (non-hydrogen) atoms. The molecule has 0 spiro atoms. The topological polar surface area (TPSA) is 67.6 Å². The van der Waals surface area contributed by atoms with Crippen LogP contribution in [0.5, 0.6) is 5.75 Å². The molecular weight excluding hydrogens is 282 g/mol. The molecule has 1 aromatic carbocycles. The molecule has 2 heterocycles. The second-order valence-corrected chi connectivity index (χ2v) is 5.91. The van der Waals surface area contributed by atoms with E-state index in [2.05, 4.69) is 4.98 Å². The average molecular weight is 303 g/mol. The quantitative estimate of drug-likeness (QED) is 0.925. The molecule has 3 rings (SSSR count). The highest BCUT2D eigenvalue weighted by Crippen LogP contribution is 2.33. The number of phenolic OH excluding ortho intramolecular Hbond substituents is 1. The van der Waals surface area contributed by atoms with E-state index in [0.29, 0.717) is 11.1 Å². The van der Waals surface area contributed by atoms with Crippen molar-refractivity contribution in [3.63, 3.8) is 0 Å². The first-order valence-corrected chi connectivity index (χ1v) is 7.54. The summed E-state index contributed by atoms with van der Waals surface area (Å²) in [6.07, 6.45) is 3.01. The molecule has 1 unspecified atom stereocenters. The summed E-state index contributed by atoms with van der Waals surface area (Å²) >= 11 is 0. The van der Waals surface area contributed by atoms with Gasteiger partial charge in [0, 0.05) is 26.3 Å². The number of carbonyl (C=O) groups excluding carboxylic acids is 1. The van der Waals surface area contributed by atoms with Crippen LogP contribution in [0.25, 0.3) is 11.0 Å². The van der Waals surface area contributed by atoms with Gasteiger partial charge in [-0.1, -0.05) is 0 Å². The fraction of sp³-hybridized carbons (Fsp3) is 0.500. The molecule has 0 bridgehead atoms. The van der Waals surface area contributed by atoms with Gasteiger partial charge < -0.3 is 19.3 Å². The molecule has 1 fully saturated rings. The summed E-state index contributed by atoms with van der Waals surface area (Å²) in [6.45, 7) is 2.62. The number of amides is 1. The Kier molecular flexibility index (Phi) is 3.78. The van der Waals surface area contributed by atoms with Crippen molar-refractivity contribution >= 4 is 16.9 Å². The van der Waals surface area contributed by atoms with Gasteiger partial charge in [-0.2, -0.15) is 0 Å². The first-order chi connectivity index (χ1) is 10.5. The fourth-order valence-corrected chi connectivity index (χ4v) is 2.96. The van der Waals surface area contributed by atoms with Crippen molar-refractivity contribution in [2.24, 2.45) is 0 Å². The number of aromatic hydroxyl groups is 1. The zero-order chi connectivity index (χ0) is 15.9. The third-order valence-corrected chi connectivity index (χ3v) is 4.05. The number of rotatable bonds is 2. The third kappa shape index (κ3) is 2.43. The number of hydrogen-bond acceptors (Lipinski definition) is 4. The first kappa shape index (κ1) is 14.8. The molecule has 6 heteroatoms. The first-order valence-electron chi connectivity index (χ1n) is 7.54. The lowest BCUT2D eigenvalue weighted by molar-refractivity contribution is -0.0306. The molecule has 2 aromatic rings. The van der Waals surface area contributed by atoms with Crippen LogP contribution < -0.4 is 0 Å². The second kappa shape index (κ2) is 5.61. The molecule has 0 radical (unpaired) electrons. The van der Waals surface area contributed by atoms with E-state index in [0.717, 1.165) is 37.2 Å². The van der Waals surface area contributed by atoms with Gasteiger partial charge in [-0.15, -0.1) is 0 Å². The summed E-state index contributed by atoms with van der Waals surface area (Å²) in [7, 11) is 3.38. The number of phenols is 1. The Hall–Kier alpha value is -2.08. The molecule has 1 aliphatic heterocycles. The van der Waals surface area contributed by atoms with Crippen LogP contribution in [-0.2, 0) is 4.74 Å². The normalized spacial score (nSPS) is 18.6. The molecule has 6 nitrogen and oxygen atoms in total. The summed E-state index contributed by atoms with van der Waals surface area (Å²) in [4.78, 5) is 18.1. The van der Waals surface area contributed by atoms with E-state index in [1.807, 2.05) is 11.5 Å². The Labute approximate surface area is 129 Å². The number of nitrogens with zero attached hydrogens (tertiary/aromatic N) is 3. The number of benzene rings is 1. The van der Waals surface area contributed by atoms with Crippen molar-refractivity contribution in [2.45, 2.75) is 32.4 Å². The van der Waals surface area contributed by atoms with Crippen LogP contribution in [0.15, 0.2) is 12.1 Å². The monoisotopic (exact) mass is 303 g/mol. The molecule has 0 aliphatic carbocycles. The minimum absolute atomic E-state index is 0.0281.